The number of rotatable bonds is 5. The Labute approximate surface area is 148 Å². The molecule has 0 aliphatic rings. The second kappa shape index (κ2) is 7.31. The molecule has 138 valence electrons. The molecule has 2 rings (SSSR count). The summed E-state index contributed by atoms with van der Waals surface area (Å²) in [6.07, 6.45) is 0. The molecule has 2 amide bonds. The van der Waals surface area contributed by atoms with Crippen LogP contribution in [-0.4, -0.2) is 54.6 Å². The van der Waals surface area contributed by atoms with Crippen molar-refractivity contribution in [2.45, 2.75) is 11.8 Å². The SMILES string of the molecule is CNC(=O)N(c1nc(C)nc(OC)n1)S(=O)(=O)c1ccccc1C(=O)O. The van der Waals surface area contributed by atoms with Crippen LogP contribution < -0.4 is 14.4 Å². The Bertz CT molecular complexity index is 962. The lowest BCUT2D eigenvalue weighted by Gasteiger charge is -2.21. The summed E-state index contributed by atoms with van der Waals surface area (Å²) >= 11 is 0. The van der Waals surface area contributed by atoms with Gasteiger partial charge in [-0.3, -0.25) is 0 Å². The van der Waals surface area contributed by atoms with E-state index >= 15 is 0 Å². The summed E-state index contributed by atoms with van der Waals surface area (Å²) in [5.41, 5.74) is -0.501. The Kier molecular flexibility index (Phi) is 5.35. The molecule has 0 radical (unpaired) electrons. The zero-order chi connectivity index (χ0) is 19.5. The van der Waals surface area contributed by atoms with E-state index in [1.807, 2.05) is 0 Å². The number of hydrogen-bond acceptors (Lipinski definition) is 8. The van der Waals surface area contributed by atoms with E-state index in [0.29, 0.717) is 0 Å². The number of nitrogens with zero attached hydrogens (tertiary/aromatic N) is 4. The summed E-state index contributed by atoms with van der Waals surface area (Å²) < 4.78 is 31.2. The summed E-state index contributed by atoms with van der Waals surface area (Å²) in [6, 6.07) is 3.58. The number of nitrogens with one attached hydrogen (secondary N) is 1. The number of ether oxygens (including phenoxy) is 1. The van der Waals surface area contributed by atoms with Crippen molar-refractivity contribution in [1.29, 1.82) is 0 Å². The Morgan fingerprint density at radius 2 is 1.85 bits per heavy atom. The van der Waals surface area contributed by atoms with Crippen molar-refractivity contribution >= 4 is 28.0 Å². The monoisotopic (exact) mass is 381 g/mol. The number of carboxylic acid groups (broad SMARTS) is 1. The topological polar surface area (TPSA) is 152 Å². The number of benzene rings is 1. The van der Waals surface area contributed by atoms with Crippen LogP contribution in [-0.2, 0) is 10.0 Å². The third-order valence-electron chi connectivity index (χ3n) is 3.11. The molecular weight excluding hydrogens is 366 g/mol. The normalized spacial score (nSPS) is 10.9. The average Bonchev–Trinajstić information content (AvgIpc) is 2.60. The maximum absolute atomic E-state index is 13.0. The second-order valence-corrected chi connectivity index (χ2v) is 6.55. The van der Waals surface area contributed by atoms with E-state index in [1.165, 1.54) is 33.2 Å². The highest BCUT2D eigenvalue weighted by atomic mass is 32.2. The third kappa shape index (κ3) is 3.54. The first-order valence-corrected chi connectivity index (χ1v) is 8.52. The molecule has 1 aromatic carbocycles. The van der Waals surface area contributed by atoms with Gasteiger partial charge in [-0.1, -0.05) is 12.1 Å². The van der Waals surface area contributed by atoms with Crippen molar-refractivity contribution in [3.63, 3.8) is 0 Å². The number of aryl methyl sites for hydroxylation is 1. The van der Waals surface area contributed by atoms with Crippen molar-refractivity contribution in [3.8, 4) is 6.01 Å². The fraction of sp³-hybridized carbons (Fsp3) is 0.214. The molecule has 0 aliphatic carbocycles. The number of aromatic carboxylic acids is 1. The van der Waals surface area contributed by atoms with Crippen LogP contribution in [0.25, 0.3) is 0 Å². The van der Waals surface area contributed by atoms with Crippen LogP contribution in [0, 0.1) is 6.92 Å². The van der Waals surface area contributed by atoms with E-state index in [4.69, 9.17) is 4.74 Å². The van der Waals surface area contributed by atoms with Gasteiger partial charge in [-0.2, -0.15) is 15.0 Å². The second-order valence-electron chi connectivity index (χ2n) is 4.80. The summed E-state index contributed by atoms with van der Waals surface area (Å²) in [5, 5.41) is 11.4. The maximum Gasteiger partial charge on any atom is 0.338 e. The number of urea groups is 1. The molecular formula is C14H15N5O6S. The van der Waals surface area contributed by atoms with Gasteiger partial charge in [-0.05, 0) is 19.1 Å². The molecule has 1 aromatic heterocycles. The molecule has 0 saturated carbocycles. The van der Waals surface area contributed by atoms with Crippen molar-refractivity contribution < 1.29 is 27.9 Å². The number of hydrogen-bond donors (Lipinski definition) is 2. The van der Waals surface area contributed by atoms with Crippen LogP contribution in [0.5, 0.6) is 6.01 Å². The molecule has 2 aromatic rings. The first-order chi connectivity index (χ1) is 12.2. The molecule has 1 heterocycles. The smallest absolute Gasteiger partial charge is 0.338 e. The fourth-order valence-corrected chi connectivity index (χ4v) is 3.49. The summed E-state index contributed by atoms with van der Waals surface area (Å²) in [4.78, 5) is 34.5. The molecule has 26 heavy (non-hydrogen) atoms. The number of anilines is 1. The third-order valence-corrected chi connectivity index (χ3v) is 4.83. The lowest BCUT2D eigenvalue weighted by atomic mass is 10.2. The Balaban J connectivity index is 2.74. The van der Waals surface area contributed by atoms with Gasteiger partial charge in [0.05, 0.1) is 12.7 Å². The molecule has 0 spiro atoms. The van der Waals surface area contributed by atoms with Gasteiger partial charge in [0.2, 0.25) is 0 Å². The predicted molar refractivity (Wildman–Crippen MR) is 88.6 cm³/mol. The van der Waals surface area contributed by atoms with Gasteiger partial charge in [0.15, 0.2) is 0 Å². The molecule has 0 atom stereocenters. The number of methoxy groups -OCH3 is 1. The molecule has 12 heteroatoms. The standard InChI is InChI=1S/C14H15N5O6S/c1-8-16-12(18-13(17-8)25-3)19(14(22)15-2)26(23,24)10-7-5-4-6-9(10)11(20)21/h4-7H,1-3H3,(H,15,22)(H,20,21). The number of sulfonamides is 1. The van der Waals surface area contributed by atoms with Gasteiger partial charge in [0.1, 0.15) is 10.7 Å². The minimum atomic E-state index is -4.65. The molecule has 2 N–H and O–H groups in total. The van der Waals surface area contributed by atoms with Crippen molar-refractivity contribution in [2.24, 2.45) is 0 Å². The summed E-state index contributed by atoms with van der Waals surface area (Å²) in [7, 11) is -2.18. The Morgan fingerprint density at radius 3 is 2.42 bits per heavy atom. The lowest BCUT2D eigenvalue weighted by molar-refractivity contribution is 0.0692. The maximum atomic E-state index is 13.0. The average molecular weight is 381 g/mol. The van der Waals surface area contributed by atoms with E-state index < -0.39 is 38.4 Å². The number of carboxylic acids is 1. The highest BCUT2D eigenvalue weighted by Gasteiger charge is 2.36. The van der Waals surface area contributed by atoms with Crippen molar-refractivity contribution in [2.75, 3.05) is 18.5 Å². The first kappa shape index (κ1) is 19.1. The van der Waals surface area contributed by atoms with Crippen molar-refractivity contribution in [1.82, 2.24) is 20.3 Å². The zero-order valence-electron chi connectivity index (χ0n) is 14.0. The predicted octanol–water partition coefficient (Wildman–Crippen LogP) is 0.422. The van der Waals surface area contributed by atoms with Gasteiger partial charge in [-0.25, -0.2) is 18.0 Å². The highest BCUT2D eigenvalue weighted by Crippen LogP contribution is 2.25. The quantitative estimate of drug-likeness (QED) is 0.750. The number of aromatic nitrogens is 3. The van der Waals surface area contributed by atoms with E-state index in [-0.39, 0.29) is 16.1 Å². The molecule has 0 bridgehead atoms. The van der Waals surface area contributed by atoms with Gasteiger partial charge in [-0.15, -0.1) is 4.31 Å². The summed E-state index contributed by atoms with van der Waals surface area (Å²) in [5.74, 6) is -1.90. The summed E-state index contributed by atoms with van der Waals surface area (Å²) in [6.45, 7) is 1.45. The Hall–Kier alpha value is -3.28. The van der Waals surface area contributed by atoms with Crippen LogP contribution in [0.1, 0.15) is 16.2 Å². The highest BCUT2D eigenvalue weighted by molar-refractivity contribution is 7.93. The van der Waals surface area contributed by atoms with E-state index in [0.717, 1.165) is 12.1 Å². The fourth-order valence-electron chi connectivity index (χ4n) is 2.00. The van der Waals surface area contributed by atoms with E-state index in [1.54, 1.807) is 0 Å². The van der Waals surface area contributed by atoms with Gasteiger partial charge < -0.3 is 15.2 Å². The van der Waals surface area contributed by atoms with Gasteiger partial charge in [0.25, 0.3) is 16.0 Å². The van der Waals surface area contributed by atoms with Crippen LogP contribution in [0.2, 0.25) is 0 Å². The van der Waals surface area contributed by atoms with Gasteiger partial charge in [0, 0.05) is 7.05 Å². The number of carbonyl (C=O) groups is 2. The number of carbonyl (C=O) groups excluding carboxylic acids is 1. The van der Waals surface area contributed by atoms with Gasteiger partial charge >= 0.3 is 18.0 Å². The largest absolute Gasteiger partial charge is 0.478 e. The van der Waals surface area contributed by atoms with Crippen molar-refractivity contribution in [3.05, 3.63) is 35.7 Å². The van der Waals surface area contributed by atoms with E-state index in [9.17, 15) is 23.1 Å². The lowest BCUT2D eigenvalue weighted by Crippen LogP contribution is -2.44. The Morgan fingerprint density at radius 1 is 1.19 bits per heavy atom. The minimum absolute atomic E-state index is 0.0995. The first-order valence-electron chi connectivity index (χ1n) is 7.08. The molecule has 0 fully saturated rings. The molecule has 0 saturated heterocycles. The number of amides is 2. The van der Waals surface area contributed by atoms with Crippen LogP contribution in [0.3, 0.4) is 0 Å². The van der Waals surface area contributed by atoms with Crippen LogP contribution in [0.4, 0.5) is 10.7 Å². The molecule has 0 aliphatic heterocycles. The van der Waals surface area contributed by atoms with Crippen LogP contribution >= 0.6 is 0 Å². The molecule has 11 nitrogen and oxygen atoms in total. The molecule has 0 unspecified atom stereocenters. The van der Waals surface area contributed by atoms with E-state index in [2.05, 4.69) is 20.3 Å². The van der Waals surface area contributed by atoms with Crippen LogP contribution in [0.15, 0.2) is 29.2 Å². The zero-order valence-corrected chi connectivity index (χ0v) is 14.8. The minimum Gasteiger partial charge on any atom is -0.478 e.